The molecule has 0 unspecified atom stereocenters. The monoisotopic (exact) mass is 416 g/mol. The summed E-state index contributed by atoms with van der Waals surface area (Å²) >= 11 is 0. The average Bonchev–Trinajstić information content (AvgIpc) is 2.77. The Balaban J connectivity index is 2.46. The summed E-state index contributed by atoms with van der Waals surface area (Å²) in [7, 11) is 0. The molecule has 0 saturated carbocycles. The van der Waals surface area contributed by atoms with Gasteiger partial charge in [0.2, 0.25) is 0 Å². The second kappa shape index (κ2) is 18.9. The van der Waals surface area contributed by atoms with Crippen molar-refractivity contribution in [3.05, 3.63) is 35.4 Å². The minimum absolute atomic E-state index is 1.11. The van der Waals surface area contributed by atoms with Gasteiger partial charge < -0.3 is 0 Å². The van der Waals surface area contributed by atoms with Crippen molar-refractivity contribution in [3.63, 3.8) is 0 Å². The van der Waals surface area contributed by atoms with Crippen LogP contribution < -0.4 is 0 Å². The van der Waals surface area contributed by atoms with Crippen LogP contribution in [-0.4, -0.2) is 36.0 Å². The summed E-state index contributed by atoms with van der Waals surface area (Å²) in [6.45, 7) is 16.2. The molecule has 0 saturated heterocycles. The summed E-state index contributed by atoms with van der Waals surface area (Å²) in [5.41, 5.74) is 3.07. The third-order valence-corrected chi connectivity index (χ3v) is 6.46. The van der Waals surface area contributed by atoms with Crippen LogP contribution >= 0.6 is 0 Å². The second-order valence-electron chi connectivity index (χ2n) is 9.04. The lowest BCUT2D eigenvalue weighted by atomic mass is 10.1. The number of unbranched alkanes of at least 4 members (excludes halogenated alkanes) is 10. The first kappa shape index (κ1) is 27.2. The van der Waals surface area contributed by atoms with Gasteiger partial charge in [0.1, 0.15) is 0 Å². The van der Waals surface area contributed by atoms with Crippen molar-refractivity contribution in [2.45, 2.75) is 118 Å². The summed E-state index contributed by atoms with van der Waals surface area (Å²) < 4.78 is 0. The topological polar surface area (TPSA) is 6.48 Å². The molecule has 1 aromatic rings. The molecular weight excluding hydrogens is 364 g/mol. The molecule has 174 valence electrons. The minimum atomic E-state index is 1.11. The molecule has 0 aliphatic carbocycles. The predicted octanol–water partition coefficient (Wildman–Crippen LogP) is 8.05. The molecule has 0 bridgehead atoms. The van der Waals surface area contributed by atoms with Crippen LogP contribution in [-0.2, 0) is 13.1 Å². The molecule has 0 radical (unpaired) electrons. The highest BCUT2D eigenvalue weighted by Gasteiger charge is 2.10. The molecule has 0 heterocycles. The van der Waals surface area contributed by atoms with E-state index in [0.29, 0.717) is 0 Å². The highest BCUT2D eigenvalue weighted by molar-refractivity contribution is 5.27. The zero-order valence-electron chi connectivity index (χ0n) is 20.9. The van der Waals surface area contributed by atoms with Crippen LogP contribution in [0.4, 0.5) is 0 Å². The van der Waals surface area contributed by atoms with Crippen LogP contribution in [0.15, 0.2) is 24.3 Å². The van der Waals surface area contributed by atoms with Gasteiger partial charge in [0.05, 0.1) is 0 Å². The largest absolute Gasteiger partial charge is 0.299 e. The maximum absolute atomic E-state index is 2.64. The third-order valence-electron chi connectivity index (χ3n) is 6.46. The predicted molar refractivity (Wildman–Crippen MR) is 135 cm³/mol. The molecule has 2 nitrogen and oxygen atoms in total. The van der Waals surface area contributed by atoms with Crippen molar-refractivity contribution in [2.24, 2.45) is 0 Å². The van der Waals surface area contributed by atoms with Gasteiger partial charge in [-0.05, 0) is 50.1 Å². The molecule has 30 heavy (non-hydrogen) atoms. The Morgan fingerprint density at radius 3 is 1.23 bits per heavy atom. The molecule has 0 atom stereocenters. The number of rotatable bonds is 20. The Labute approximate surface area is 189 Å². The van der Waals surface area contributed by atoms with E-state index in [1.165, 1.54) is 101 Å². The van der Waals surface area contributed by atoms with Crippen LogP contribution in [0.3, 0.4) is 0 Å². The van der Waals surface area contributed by atoms with E-state index in [4.69, 9.17) is 0 Å². The van der Waals surface area contributed by atoms with E-state index in [2.05, 4.69) is 61.8 Å². The standard InChI is InChI=1S/C28H52N2/c1-5-9-11-13-15-19-23-29(7-3)25-27-21-17-18-22-28(27)26-30(8-4)24-20-16-14-12-10-6-2/h17-18,21-22H,5-16,19-20,23-26H2,1-4H3. The van der Waals surface area contributed by atoms with E-state index >= 15 is 0 Å². The smallest absolute Gasteiger partial charge is 0.0236 e. The van der Waals surface area contributed by atoms with Crippen molar-refractivity contribution in [1.29, 1.82) is 0 Å². The van der Waals surface area contributed by atoms with E-state index in [0.717, 1.165) is 26.2 Å². The van der Waals surface area contributed by atoms with Gasteiger partial charge in [0, 0.05) is 13.1 Å². The van der Waals surface area contributed by atoms with Crippen molar-refractivity contribution < 1.29 is 0 Å². The first-order valence-electron chi connectivity index (χ1n) is 13.3. The molecule has 0 spiro atoms. The number of benzene rings is 1. The lowest BCUT2D eigenvalue weighted by molar-refractivity contribution is 0.258. The van der Waals surface area contributed by atoms with E-state index in [9.17, 15) is 0 Å². The molecule has 1 rings (SSSR count). The summed E-state index contributed by atoms with van der Waals surface area (Å²) in [4.78, 5) is 5.28. The maximum Gasteiger partial charge on any atom is 0.0236 e. The van der Waals surface area contributed by atoms with Crippen LogP contribution in [0.5, 0.6) is 0 Å². The van der Waals surface area contributed by atoms with Crippen molar-refractivity contribution >= 4 is 0 Å². The second-order valence-corrected chi connectivity index (χ2v) is 9.04. The van der Waals surface area contributed by atoms with Crippen molar-refractivity contribution in [3.8, 4) is 0 Å². The Bertz CT molecular complexity index is 454. The fourth-order valence-corrected chi connectivity index (χ4v) is 4.28. The Morgan fingerprint density at radius 2 is 0.867 bits per heavy atom. The molecule has 0 N–H and O–H groups in total. The third kappa shape index (κ3) is 12.7. The van der Waals surface area contributed by atoms with Gasteiger partial charge in [-0.1, -0.05) is 116 Å². The van der Waals surface area contributed by atoms with E-state index in [-0.39, 0.29) is 0 Å². The number of nitrogens with zero attached hydrogens (tertiary/aromatic N) is 2. The molecule has 0 aliphatic heterocycles. The molecule has 0 aromatic heterocycles. The van der Waals surface area contributed by atoms with E-state index in [1.54, 1.807) is 0 Å². The van der Waals surface area contributed by atoms with Crippen LogP contribution in [0.25, 0.3) is 0 Å². The van der Waals surface area contributed by atoms with Gasteiger partial charge in [-0.15, -0.1) is 0 Å². The lowest BCUT2D eigenvalue weighted by Gasteiger charge is -2.25. The summed E-state index contributed by atoms with van der Waals surface area (Å²) in [6.07, 6.45) is 16.6. The molecule has 0 amide bonds. The Hall–Kier alpha value is -0.860. The Kier molecular flexibility index (Phi) is 17.1. The Morgan fingerprint density at radius 1 is 0.500 bits per heavy atom. The highest BCUT2D eigenvalue weighted by atomic mass is 15.1. The first-order chi connectivity index (χ1) is 14.7. The quantitative estimate of drug-likeness (QED) is 0.198. The molecule has 2 heteroatoms. The van der Waals surface area contributed by atoms with Crippen molar-refractivity contribution in [1.82, 2.24) is 9.80 Å². The molecule has 0 fully saturated rings. The number of hydrogen-bond acceptors (Lipinski definition) is 2. The van der Waals surface area contributed by atoms with Gasteiger partial charge in [0.25, 0.3) is 0 Å². The molecular formula is C28H52N2. The lowest BCUT2D eigenvalue weighted by Crippen LogP contribution is -2.27. The highest BCUT2D eigenvalue weighted by Crippen LogP contribution is 2.16. The van der Waals surface area contributed by atoms with Crippen LogP contribution in [0.1, 0.15) is 116 Å². The SMILES string of the molecule is CCCCCCCCN(CC)Cc1ccccc1CN(CC)CCCCCCCC. The van der Waals surface area contributed by atoms with Crippen molar-refractivity contribution in [2.75, 3.05) is 26.2 Å². The zero-order chi connectivity index (χ0) is 21.9. The molecule has 1 aromatic carbocycles. The summed E-state index contributed by atoms with van der Waals surface area (Å²) in [5.74, 6) is 0. The molecule has 0 aliphatic rings. The number of hydrogen-bond donors (Lipinski definition) is 0. The zero-order valence-corrected chi connectivity index (χ0v) is 20.9. The fourth-order valence-electron chi connectivity index (χ4n) is 4.28. The minimum Gasteiger partial charge on any atom is -0.299 e. The summed E-state index contributed by atoms with van der Waals surface area (Å²) in [5, 5.41) is 0. The van der Waals surface area contributed by atoms with Gasteiger partial charge in [-0.25, -0.2) is 0 Å². The van der Waals surface area contributed by atoms with E-state index in [1.807, 2.05) is 0 Å². The average molecular weight is 417 g/mol. The van der Waals surface area contributed by atoms with Gasteiger partial charge in [-0.2, -0.15) is 0 Å². The van der Waals surface area contributed by atoms with Gasteiger partial charge >= 0.3 is 0 Å². The van der Waals surface area contributed by atoms with Crippen LogP contribution in [0.2, 0.25) is 0 Å². The van der Waals surface area contributed by atoms with E-state index < -0.39 is 0 Å². The summed E-state index contributed by atoms with van der Waals surface area (Å²) in [6, 6.07) is 9.17. The van der Waals surface area contributed by atoms with Crippen LogP contribution in [0, 0.1) is 0 Å². The first-order valence-corrected chi connectivity index (χ1v) is 13.3. The normalized spacial score (nSPS) is 11.7. The van der Waals surface area contributed by atoms with Gasteiger partial charge in [-0.3, -0.25) is 9.80 Å². The van der Waals surface area contributed by atoms with Gasteiger partial charge in [0.15, 0.2) is 0 Å². The maximum atomic E-state index is 2.64. The fraction of sp³-hybridized carbons (Fsp3) is 0.786.